The smallest absolute Gasteiger partial charge is 0.247 e. The monoisotopic (exact) mass is 275 g/mol. The van der Waals surface area contributed by atoms with E-state index in [0.29, 0.717) is 11.6 Å². The van der Waals surface area contributed by atoms with Crippen molar-refractivity contribution in [3.63, 3.8) is 0 Å². The van der Waals surface area contributed by atoms with Gasteiger partial charge >= 0.3 is 0 Å². The van der Waals surface area contributed by atoms with Gasteiger partial charge in [-0.3, -0.25) is 4.79 Å². The highest BCUT2D eigenvalue weighted by Crippen LogP contribution is 2.13. The minimum Gasteiger partial charge on any atom is -0.392 e. The number of nitrogens with one attached hydrogen (secondary N) is 2. The Hall–Kier alpha value is -2.34. The first-order valence-electron chi connectivity index (χ1n) is 6.29. The molecule has 0 saturated carbocycles. The van der Waals surface area contributed by atoms with Crippen molar-refractivity contribution in [2.45, 2.75) is 26.5 Å². The number of hydrogen-bond donors (Lipinski definition) is 3. The van der Waals surface area contributed by atoms with E-state index in [9.17, 15) is 4.79 Å². The fourth-order valence-corrected chi connectivity index (χ4v) is 1.73. The van der Waals surface area contributed by atoms with Crippen LogP contribution in [0.25, 0.3) is 0 Å². The van der Waals surface area contributed by atoms with Crippen LogP contribution in [0.2, 0.25) is 0 Å². The Bertz CT molecular complexity index is 595. The zero-order chi connectivity index (χ0) is 14.5. The minimum absolute atomic E-state index is 0.0334. The summed E-state index contributed by atoms with van der Waals surface area (Å²) in [5.41, 5.74) is 1.56. The standard InChI is InChI=1S/C14H17N3O3/c1-9-6-13(17-20-9)16-14(19)10(2)15-12-5-3-4-11(7-12)8-18/h3-7,10,15,18H,8H2,1-2H3,(H,16,17,19). The Morgan fingerprint density at radius 1 is 1.45 bits per heavy atom. The number of carbonyl (C=O) groups is 1. The summed E-state index contributed by atoms with van der Waals surface area (Å²) in [6.07, 6.45) is 0. The number of benzene rings is 1. The van der Waals surface area contributed by atoms with Gasteiger partial charge in [-0.25, -0.2) is 0 Å². The molecular formula is C14H17N3O3. The van der Waals surface area contributed by atoms with Gasteiger partial charge in [0.2, 0.25) is 5.91 Å². The Balaban J connectivity index is 1.96. The third-order valence-electron chi connectivity index (χ3n) is 2.77. The largest absolute Gasteiger partial charge is 0.392 e. The third-order valence-corrected chi connectivity index (χ3v) is 2.77. The van der Waals surface area contributed by atoms with E-state index < -0.39 is 6.04 Å². The molecule has 0 aliphatic rings. The van der Waals surface area contributed by atoms with Gasteiger partial charge in [0.05, 0.1) is 6.61 Å². The summed E-state index contributed by atoms with van der Waals surface area (Å²) >= 11 is 0. The van der Waals surface area contributed by atoms with Gasteiger partial charge in [-0.2, -0.15) is 0 Å². The maximum absolute atomic E-state index is 12.0. The van der Waals surface area contributed by atoms with Gasteiger partial charge in [0, 0.05) is 11.8 Å². The van der Waals surface area contributed by atoms with Crippen molar-refractivity contribution in [2.75, 3.05) is 10.6 Å². The van der Waals surface area contributed by atoms with E-state index >= 15 is 0 Å². The molecule has 106 valence electrons. The molecule has 0 spiro atoms. The lowest BCUT2D eigenvalue weighted by atomic mass is 10.2. The Morgan fingerprint density at radius 3 is 2.90 bits per heavy atom. The topological polar surface area (TPSA) is 87.4 Å². The van der Waals surface area contributed by atoms with E-state index in [1.54, 1.807) is 26.0 Å². The molecule has 3 N–H and O–H groups in total. The summed E-state index contributed by atoms with van der Waals surface area (Å²) in [6.45, 7) is 3.47. The average molecular weight is 275 g/mol. The van der Waals surface area contributed by atoms with Crippen LogP contribution >= 0.6 is 0 Å². The quantitative estimate of drug-likeness (QED) is 0.776. The number of aliphatic hydroxyl groups is 1. The number of nitrogens with zero attached hydrogens (tertiary/aromatic N) is 1. The molecule has 1 aromatic heterocycles. The number of aryl methyl sites for hydroxylation is 1. The highest BCUT2D eigenvalue weighted by Gasteiger charge is 2.14. The predicted molar refractivity (Wildman–Crippen MR) is 75.3 cm³/mol. The number of aliphatic hydroxyl groups excluding tert-OH is 1. The van der Waals surface area contributed by atoms with Crippen molar-refractivity contribution in [2.24, 2.45) is 0 Å². The molecule has 6 nitrogen and oxygen atoms in total. The van der Waals surface area contributed by atoms with Crippen LogP contribution in [0.15, 0.2) is 34.9 Å². The summed E-state index contributed by atoms with van der Waals surface area (Å²) in [5.74, 6) is 0.814. The molecule has 0 fully saturated rings. The number of anilines is 2. The Kier molecular flexibility index (Phi) is 4.37. The maximum Gasteiger partial charge on any atom is 0.247 e. The van der Waals surface area contributed by atoms with E-state index in [1.807, 2.05) is 18.2 Å². The van der Waals surface area contributed by atoms with Crippen LogP contribution in [0, 0.1) is 6.92 Å². The number of carbonyl (C=O) groups excluding carboxylic acids is 1. The van der Waals surface area contributed by atoms with Crippen LogP contribution in [0.5, 0.6) is 0 Å². The average Bonchev–Trinajstić information content (AvgIpc) is 2.84. The molecule has 1 amide bonds. The third kappa shape index (κ3) is 3.58. The summed E-state index contributed by atoms with van der Waals surface area (Å²) in [4.78, 5) is 12.0. The van der Waals surface area contributed by atoms with Crippen LogP contribution in [0.1, 0.15) is 18.2 Å². The molecule has 0 radical (unpaired) electrons. The van der Waals surface area contributed by atoms with E-state index in [0.717, 1.165) is 11.3 Å². The van der Waals surface area contributed by atoms with E-state index in [-0.39, 0.29) is 12.5 Å². The normalized spacial score (nSPS) is 11.9. The van der Waals surface area contributed by atoms with Crippen molar-refractivity contribution in [3.8, 4) is 0 Å². The lowest BCUT2D eigenvalue weighted by molar-refractivity contribution is -0.116. The van der Waals surface area contributed by atoms with E-state index in [2.05, 4.69) is 15.8 Å². The zero-order valence-electron chi connectivity index (χ0n) is 11.4. The molecule has 0 aliphatic heterocycles. The summed E-state index contributed by atoms with van der Waals surface area (Å²) in [5, 5.41) is 18.5. The molecule has 1 unspecified atom stereocenters. The fraction of sp³-hybridized carbons (Fsp3) is 0.286. The van der Waals surface area contributed by atoms with Crippen LogP contribution in [-0.4, -0.2) is 22.2 Å². The molecule has 6 heteroatoms. The first kappa shape index (κ1) is 14.1. The lowest BCUT2D eigenvalue weighted by Gasteiger charge is -2.14. The van der Waals surface area contributed by atoms with Gasteiger partial charge in [0.15, 0.2) is 5.82 Å². The number of amides is 1. The predicted octanol–water partition coefficient (Wildman–Crippen LogP) is 1.91. The van der Waals surface area contributed by atoms with Crippen LogP contribution in [-0.2, 0) is 11.4 Å². The Labute approximate surface area is 116 Å². The minimum atomic E-state index is -0.444. The maximum atomic E-state index is 12.0. The van der Waals surface area contributed by atoms with Crippen LogP contribution in [0.4, 0.5) is 11.5 Å². The van der Waals surface area contributed by atoms with Crippen molar-refractivity contribution in [1.29, 1.82) is 0 Å². The first-order valence-corrected chi connectivity index (χ1v) is 6.29. The molecule has 1 aromatic carbocycles. The summed E-state index contributed by atoms with van der Waals surface area (Å²) in [7, 11) is 0. The fourth-order valence-electron chi connectivity index (χ4n) is 1.73. The second kappa shape index (κ2) is 6.21. The van der Waals surface area contributed by atoms with Gasteiger partial charge in [-0.15, -0.1) is 0 Å². The molecule has 0 aliphatic carbocycles. The summed E-state index contributed by atoms with van der Waals surface area (Å²) < 4.78 is 4.88. The van der Waals surface area contributed by atoms with Gasteiger partial charge < -0.3 is 20.3 Å². The molecule has 1 atom stereocenters. The molecule has 20 heavy (non-hydrogen) atoms. The molecular weight excluding hydrogens is 258 g/mol. The molecule has 2 aromatic rings. The lowest BCUT2D eigenvalue weighted by Crippen LogP contribution is -2.32. The van der Waals surface area contributed by atoms with E-state index in [1.165, 1.54) is 0 Å². The zero-order valence-corrected chi connectivity index (χ0v) is 11.4. The number of hydrogen-bond acceptors (Lipinski definition) is 5. The molecule has 2 rings (SSSR count). The molecule has 0 saturated heterocycles. The van der Waals surface area contributed by atoms with Gasteiger partial charge in [-0.1, -0.05) is 17.3 Å². The SMILES string of the molecule is Cc1cc(NC(=O)C(C)Nc2cccc(CO)c2)no1. The van der Waals surface area contributed by atoms with Gasteiger partial charge in [-0.05, 0) is 31.5 Å². The Morgan fingerprint density at radius 2 is 2.25 bits per heavy atom. The van der Waals surface area contributed by atoms with Crippen molar-refractivity contribution >= 4 is 17.4 Å². The van der Waals surface area contributed by atoms with Crippen molar-refractivity contribution < 1.29 is 14.4 Å². The van der Waals surface area contributed by atoms with Crippen molar-refractivity contribution in [1.82, 2.24) is 5.16 Å². The highest BCUT2D eigenvalue weighted by molar-refractivity contribution is 5.95. The van der Waals surface area contributed by atoms with Gasteiger partial charge in [0.1, 0.15) is 11.8 Å². The molecule has 1 heterocycles. The summed E-state index contributed by atoms with van der Waals surface area (Å²) in [6, 6.07) is 8.47. The second-order valence-corrected chi connectivity index (χ2v) is 4.54. The molecule has 0 bridgehead atoms. The van der Waals surface area contributed by atoms with Gasteiger partial charge in [0.25, 0.3) is 0 Å². The van der Waals surface area contributed by atoms with Crippen LogP contribution in [0.3, 0.4) is 0 Å². The number of aromatic nitrogens is 1. The van der Waals surface area contributed by atoms with E-state index in [4.69, 9.17) is 9.63 Å². The van der Waals surface area contributed by atoms with Crippen molar-refractivity contribution in [3.05, 3.63) is 41.7 Å². The number of rotatable bonds is 5. The highest BCUT2D eigenvalue weighted by atomic mass is 16.5. The second-order valence-electron chi connectivity index (χ2n) is 4.54. The first-order chi connectivity index (χ1) is 9.58. The van der Waals surface area contributed by atoms with Crippen LogP contribution < -0.4 is 10.6 Å².